The predicted molar refractivity (Wildman–Crippen MR) is 87.8 cm³/mol. The van der Waals surface area contributed by atoms with Crippen LogP contribution in [0.2, 0.25) is 0 Å². The van der Waals surface area contributed by atoms with Gasteiger partial charge < -0.3 is 9.88 Å². The summed E-state index contributed by atoms with van der Waals surface area (Å²) in [5, 5.41) is 3.91. The zero-order chi connectivity index (χ0) is 15.7. The largest absolute Gasteiger partial charge is 0.350 e. The van der Waals surface area contributed by atoms with Gasteiger partial charge >= 0.3 is 0 Å². The van der Waals surface area contributed by atoms with Crippen LogP contribution in [-0.4, -0.2) is 10.5 Å². The monoisotopic (exact) mass is 316 g/mol. The van der Waals surface area contributed by atoms with E-state index in [1.54, 1.807) is 12.1 Å². The number of thiophene rings is 1. The summed E-state index contributed by atoms with van der Waals surface area (Å²) in [7, 11) is 0. The molecule has 0 spiro atoms. The molecule has 0 aliphatic carbocycles. The Morgan fingerprint density at radius 3 is 2.82 bits per heavy atom. The number of hydrogen-bond acceptors (Lipinski definition) is 2. The van der Waals surface area contributed by atoms with E-state index in [-0.39, 0.29) is 11.7 Å². The molecule has 0 unspecified atom stereocenters. The van der Waals surface area contributed by atoms with Gasteiger partial charge in [-0.15, -0.1) is 11.3 Å². The Labute approximate surface area is 132 Å². The second-order valence-corrected chi connectivity index (χ2v) is 6.63. The average Bonchev–Trinajstić information content (AvgIpc) is 3.03. The molecule has 5 heteroatoms. The molecule has 0 bridgehead atoms. The summed E-state index contributed by atoms with van der Waals surface area (Å²) >= 11 is 1.47. The van der Waals surface area contributed by atoms with E-state index in [4.69, 9.17) is 0 Å². The van der Waals surface area contributed by atoms with E-state index in [9.17, 15) is 9.18 Å². The topological polar surface area (TPSA) is 34.0 Å². The van der Waals surface area contributed by atoms with Crippen LogP contribution in [0.5, 0.6) is 0 Å². The quantitative estimate of drug-likeness (QED) is 0.763. The highest BCUT2D eigenvalue weighted by molar-refractivity contribution is 7.20. The number of rotatable bonds is 4. The fourth-order valence-corrected chi connectivity index (χ4v) is 3.27. The summed E-state index contributed by atoms with van der Waals surface area (Å²) < 4.78 is 16.3. The van der Waals surface area contributed by atoms with Crippen LogP contribution in [0.4, 0.5) is 4.39 Å². The van der Waals surface area contributed by atoms with Crippen LogP contribution in [-0.2, 0) is 6.54 Å². The van der Waals surface area contributed by atoms with Crippen molar-refractivity contribution in [1.29, 1.82) is 0 Å². The molecule has 0 fully saturated rings. The molecule has 114 valence electrons. The summed E-state index contributed by atoms with van der Waals surface area (Å²) in [6, 6.07) is 8.56. The van der Waals surface area contributed by atoms with Crippen LogP contribution in [0.3, 0.4) is 0 Å². The Morgan fingerprint density at radius 1 is 1.32 bits per heavy atom. The lowest BCUT2D eigenvalue weighted by Gasteiger charge is -2.05. The normalized spacial score (nSPS) is 11.3. The molecule has 1 aromatic carbocycles. The van der Waals surface area contributed by atoms with Crippen molar-refractivity contribution in [1.82, 2.24) is 9.88 Å². The van der Waals surface area contributed by atoms with Crippen LogP contribution < -0.4 is 5.32 Å². The van der Waals surface area contributed by atoms with Crippen LogP contribution in [0.1, 0.15) is 35.1 Å². The van der Waals surface area contributed by atoms with E-state index in [0.717, 1.165) is 15.6 Å². The van der Waals surface area contributed by atoms with Crippen molar-refractivity contribution in [3.63, 3.8) is 0 Å². The van der Waals surface area contributed by atoms with Crippen molar-refractivity contribution in [2.75, 3.05) is 0 Å². The second kappa shape index (κ2) is 5.93. The molecule has 3 aromatic rings. The fourth-order valence-electron chi connectivity index (χ4n) is 2.28. The number of nitrogens with one attached hydrogen (secondary N) is 1. The van der Waals surface area contributed by atoms with Gasteiger partial charge in [-0.25, -0.2) is 4.39 Å². The Hall–Kier alpha value is -2.14. The van der Waals surface area contributed by atoms with Gasteiger partial charge in [-0.2, -0.15) is 0 Å². The smallest absolute Gasteiger partial charge is 0.261 e. The maximum Gasteiger partial charge on any atom is 0.261 e. The van der Waals surface area contributed by atoms with Gasteiger partial charge in [-0.1, -0.05) is 12.1 Å². The molecule has 0 aliphatic heterocycles. The zero-order valence-electron chi connectivity index (χ0n) is 12.5. The summed E-state index contributed by atoms with van der Waals surface area (Å²) in [4.78, 5) is 12.9. The minimum Gasteiger partial charge on any atom is -0.350 e. The molecule has 0 radical (unpaired) electrons. The Morgan fingerprint density at radius 2 is 2.14 bits per heavy atom. The number of hydrogen-bond donors (Lipinski definition) is 1. The zero-order valence-corrected chi connectivity index (χ0v) is 13.3. The van der Waals surface area contributed by atoms with Gasteiger partial charge in [0.15, 0.2) is 0 Å². The fraction of sp³-hybridized carbons (Fsp3) is 0.235. The van der Waals surface area contributed by atoms with Crippen LogP contribution in [0, 0.1) is 5.82 Å². The van der Waals surface area contributed by atoms with Gasteiger partial charge in [-0.05, 0) is 37.6 Å². The van der Waals surface area contributed by atoms with Crippen molar-refractivity contribution in [3.8, 4) is 0 Å². The number of benzene rings is 1. The Balaban J connectivity index is 1.70. The molecule has 1 N–H and O–H groups in total. The van der Waals surface area contributed by atoms with E-state index < -0.39 is 0 Å². The first-order valence-electron chi connectivity index (χ1n) is 7.16. The van der Waals surface area contributed by atoms with Gasteiger partial charge in [0, 0.05) is 30.4 Å². The number of nitrogens with zero attached hydrogens (tertiary/aromatic N) is 1. The number of amides is 1. The molecule has 0 saturated carbocycles. The first kappa shape index (κ1) is 14.8. The molecule has 0 aliphatic rings. The van der Waals surface area contributed by atoms with Crippen LogP contribution in [0.15, 0.2) is 42.7 Å². The number of carbonyl (C=O) groups excluding carboxylic acids is 1. The van der Waals surface area contributed by atoms with Crippen molar-refractivity contribution in [2.24, 2.45) is 0 Å². The van der Waals surface area contributed by atoms with Crippen molar-refractivity contribution in [3.05, 3.63) is 59.0 Å². The standard InChI is InChI=1S/C17H17FN2OS/c1-11(2)20-9-13-7-15(22-16(13)10-20)17(21)19-8-12-4-3-5-14(18)6-12/h3-7,9-11H,8H2,1-2H3,(H,19,21). The van der Waals surface area contributed by atoms with Gasteiger partial charge in [0.05, 0.1) is 9.58 Å². The van der Waals surface area contributed by atoms with Gasteiger partial charge in [0.1, 0.15) is 5.82 Å². The SMILES string of the molecule is CC(C)n1cc2cc(C(=O)NCc3cccc(F)c3)sc2c1. The highest BCUT2D eigenvalue weighted by Gasteiger charge is 2.12. The number of fused-ring (bicyclic) bond motifs is 1. The Kier molecular flexibility index (Phi) is 3.98. The van der Waals surface area contributed by atoms with Crippen molar-refractivity contribution in [2.45, 2.75) is 26.4 Å². The lowest BCUT2D eigenvalue weighted by atomic mass is 10.2. The first-order valence-corrected chi connectivity index (χ1v) is 7.98. The highest BCUT2D eigenvalue weighted by atomic mass is 32.1. The lowest BCUT2D eigenvalue weighted by Crippen LogP contribution is -2.21. The first-order chi connectivity index (χ1) is 10.5. The molecule has 0 atom stereocenters. The summed E-state index contributed by atoms with van der Waals surface area (Å²) in [5.74, 6) is -0.415. The number of aromatic nitrogens is 1. The number of carbonyl (C=O) groups is 1. The average molecular weight is 316 g/mol. The van der Waals surface area contributed by atoms with Crippen molar-refractivity contribution >= 4 is 27.3 Å². The number of halogens is 1. The van der Waals surface area contributed by atoms with Crippen molar-refractivity contribution < 1.29 is 9.18 Å². The molecular formula is C17H17FN2OS. The Bertz CT molecular complexity index is 788. The molecule has 3 rings (SSSR count). The van der Waals surface area contributed by atoms with Gasteiger partial charge in [0.2, 0.25) is 0 Å². The maximum absolute atomic E-state index is 13.1. The molecule has 2 heterocycles. The molecule has 0 saturated heterocycles. The summed E-state index contributed by atoms with van der Waals surface area (Å²) in [5.41, 5.74) is 0.751. The molecule has 2 aromatic heterocycles. The van der Waals surface area contributed by atoms with Crippen LogP contribution in [0.25, 0.3) is 10.1 Å². The van der Waals surface area contributed by atoms with Gasteiger partial charge in [0.25, 0.3) is 5.91 Å². The third kappa shape index (κ3) is 3.04. The molecule has 22 heavy (non-hydrogen) atoms. The van der Waals surface area contributed by atoms with Crippen LogP contribution >= 0.6 is 11.3 Å². The summed E-state index contributed by atoms with van der Waals surface area (Å²) in [6.45, 7) is 4.57. The predicted octanol–water partition coefficient (Wildman–Crippen LogP) is 4.35. The lowest BCUT2D eigenvalue weighted by molar-refractivity contribution is 0.0955. The van der Waals surface area contributed by atoms with E-state index in [2.05, 4.69) is 36.1 Å². The maximum atomic E-state index is 13.1. The van der Waals surface area contributed by atoms with E-state index in [0.29, 0.717) is 17.5 Å². The molecular weight excluding hydrogens is 299 g/mol. The second-order valence-electron chi connectivity index (χ2n) is 5.54. The highest BCUT2D eigenvalue weighted by Crippen LogP contribution is 2.28. The molecule has 3 nitrogen and oxygen atoms in total. The van der Waals surface area contributed by atoms with E-state index >= 15 is 0 Å². The van der Waals surface area contributed by atoms with Gasteiger partial charge in [-0.3, -0.25) is 4.79 Å². The third-order valence-electron chi connectivity index (χ3n) is 3.51. The van der Waals surface area contributed by atoms with E-state index in [1.807, 2.05) is 6.07 Å². The minimum atomic E-state index is -0.292. The van der Waals surface area contributed by atoms with E-state index in [1.165, 1.54) is 23.5 Å². The summed E-state index contributed by atoms with van der Waals surface area (Å²) in [6.07, 6.45) is 4.12. The minimum absolute atomic E-state index is 0.124. The molecule has 1 amide bonds. The third-order valence-corrected chi connectivity index (χ3v) is 4.59.